The van der Waals surface area contributed by atoms with E-state index in [-0.39, 0.29) is 16.2 Å². The maximum atomic E-state index is 12.0. The fraction of sp³-hybridized carbons (Fsp3) is 0.250. The zero-order valence-electron chi connectivity index (χ0n) is 13.5. The van der Waals surface area contributed by atoms with Gasteiger partial charge in [0.2, 0.25) is 11.8 Å². The van der Waals surface area contributed by atoms with Gasteiger partial charge in [-0.1, -0.05) is 37.1 Å². The predicted octanol–water partition coefficient (Wildman–Crippen LogP) is 2.89. The van der Waals surface area contributed by atoms with Gasteiger partial charge in [-0.25, -0.2) is 5.43 Å². The van der Waals surface area contributed by atoms with Crippen molar-refractivity contribution in [2.45, 2.75) is 26.2 Å². The molecule has 1 amide bonds. The molecule has 0 saturated carbocycles. The fourth-order valence-electron chi connectivity index (χ4n) is 2.07. The van der Waals surface area contributed by atoms with Crippen LogP contribution in [-0.2, 0) is 4.79 Å². The Labute approximate surface area is 154 Å². The Balaban J connectivity index is 2.39. The number of amides is 1. The van der Waals surface area contributed by atoms with Gasteiger partial charge in [-0.2, -0.15) is 5.10 Å². The summed E-state index contributed by atoms with van der Waals surface area (Å²) in [4.78, 5) is 26.0. The molecule has 3 N–H and O–H groups in total. The minimum atomic E-state index is -0.627. The first-order valence-corrected chi connectivity index (χ1v) is 8.39. The average Bonchev–Trinajstić information content (AvgIpc) is 2.57. The summed E-state index contributed by atoms with van der Waals surface area (Å²) >= 11 is 11.2. The number of nitrogens with one attached hydrogen (secondary N) is 2. The van der Waals surface area contributed by atoms with Crippen LogP contribution in [0.4, 0.5) is 0 Å². The highest BCUT2D eigenvalue weighted by molar-refractivity contribution is 7.71. The van der Waals surface area contributed by atoms with Crippen LogP contribution in [0.1, 0.15) is 31.7 Å². The first-order chi connectivity index (χ1) is 12.0. The summed E-state index contributed by atoms with van der Waals surface area (Å²) in [7, 11) is 0. The second kappa shape index (κ2) is 8.59. The molecule has 0 aliphatic heterocycles. The van der Waals surface area contributed by atoms with Crippen molar-refractivity contribution in [2.75, 3.05) is 0 Å². The fourth-order valence-corrected chi connectivity index (χ4v) is 2.57. The van der Waals surface area contributed by atoms with E-state index >= 15 is 0 Å². The highest BCUT2D eigenvalue weighted by Gasteiger charge is 2.14. The summed E-state index contributed by atoms with van der Waals surface area (Å²) in [5, 5.41) is 14.5. The molecule has 1 heterocycles. The molecule has 0 radical (unpaired) electrons. The molecular weight excluding hydrogens is 364 g/mol. The number of hydrazone groups is 1. The molecule has 0 fully saturated rings. The summed E-state index contributed by atoms with van der Waals surface area (Å²) in [6, 6.07) is 6.72. The summed E-state index contributed by atoms with van der Waals surface area (Å²) < 4.78 is 1.21. The summed E-state index contributed by atoms with van der Waals surface area (Å²) in [5.41, 5.74) is 1.94. The number of aromatic amines is 1. The van der Waals surface area contributed by atoms with Crippen molar-refractivity contribution in [1.82, 2.24) is 15.0 Å². The first kappa shape index (κ1) is 18.9. The molecule has 25 heavy (non-hydrogen) atoms. The monoisotopic (exact) mass is 380 g/mol. The number of unbranched alkanes of at least 4 members (excludes halogenated alkanes) is 1. The second-order valence-electron chi connectivity index (χ2n) is 5.18. The number of rotatable bonds is 6. The van der Waals surface area contributed by atoms with E-state index in [0.717, 1.165) is 19.1 Å². The minimum Gasteiger partial charge on any atom is -0.494 e. The van der Waals surface area contributed by atoms with Crippen molar-refractivity contribution in [3.05, 3.63) is 50.0 Å². The lowest BCUT2D eigenvalue weighted by atomic mass is 10.2. The zero-order valence-corrected chi connectivity index (χ0v) is 15.0. The SMILES string of the molecule is CCCCC(=O)NN=Cc1c(O)n(-c2ccccc2Cl)c(=S)[nH]c1=O. The third-order valence-corrected chi connectivity index (χ3v) is 3.96. The standard InChI is InChI=1S/C16H17ClN4O3S/c1-2-3-8-13(22)20-18-9-10-14(23)19-16(25)21(15(10)24)12-7-5-4-6-11(12)17/h4-7,9,24H,2-3,8H2,1H3,(H,20,22)(H,19,23,25). The Morgan fingerprint density at radius 1 is 1.48 bits per heavy atom. The molecule has 0 spiro atoms. The van der Waals surface area contributed by atoms with E-state index in [9.17, 15) is 14.7 Å². The topological polar surface area (TPSA) is 99.5 Å². The Morgan fingerprint density at radius 2 is 2.20 bits per heavy atom. The lowest BCUT2D eigenvalue weighted by molar-refractivity contribution is -0.121. The van der Waals surface area contributed by atoms with Crippen molar-refractivity contribution in [3.63, 3.8) is 0 Å². The lowest BCUT2D eigenvalue weighted by Gasteiger charge is -2.12. The van der Waals surface area contributed by atoms with E-state index in [1.165, 1.54) is 4.57 Å². The number of hydrogen-bond acceptors (Lipinski definition) is 5. The zero-order chi connectivity index (χ0) is 18.4. The van der Waals surface area contributed by atoms with Gasteiger partial charge in [-0.05, 0) is 30.8 Å². The largest absolute Gasteiger partial charge is 0.494 e. The van der Waals surface area contributed by atoms with Gasteiger partial charge in [-0.15, -0.1) is 0 Å². The van der Waals surface area contributed by atoms with Crippen LogP contribution >= 0.6 is 23.8 Å². The van der Waals surface area contributed by atoms with Crippen LogP contribution in [0.5, 0.6) is 5.88 Å². The summed E-state index contributed by atoms with van der Waals surface area (Å²) in [5.74, 6) is -0.693. The number of hydrogen-bond donors (Lipinski definition) is 3. The number of H-pyrrole nitrogens is 1. The normalized spacial score (nSPS) is 11.0. The van der Waals surface area contributed by atoms with Gasteiger partial charge in [0.1, 0.15) is 5.56 Å². The van der Waals surface area contributed by atoms with Crippen LogP contribution in [0.3, 0.4) is 0 Å². The number of aromatic nitrogens is 2. The van der Waals surface area contributed by atoms with Crippen LogP contribution in [-0.4, -0.2) is 26.8 Å². The number of para-hydroxylation sites is 1. The van der Waals surface area contributed by atoms with Crippen LogP contribution < -0.4 is 11.0 Å². The van der Waals surface area contributed by atoms with Crippen LogP contribution in [0.15, 0.2) is 34.2 Å². The van der Waals surface area contributed by atoms with Crippen molar-refractivity contribution in [3.8, 4) is 11.6 Å². The van der Waals surface area contributed by atoms with Crippen LogP contribution in [0.25, 0.3) is 5.69 Å². The van der Waals surface area contributed by atoms with Crippen molar-refractivity contribution >= 4 is 35.9 Å². The van der Waals surface area contributed by atoms with E-state index < -0.39 is 11.4 Å². The molecule has 0 atom stereocenters. The molecule has 2 rings (SSSR count). The Kier molecular flexibility index (Phi) is 6.49. The van der Waals surface area contributed by atoms with Gasteiger partial charge in [0.15, 0.2) is 4.77 Å². The van der Waals surface area contributed by atoms with E-state index in [4.69, 9.17) is 23.8 Å². The maximum absolute atomic E-state index is 12.0. The Bertz CT molecular complexity index is 920. The summed E-state index contributed by atoms with van der Waals surface area (Å²) in [6.07, 6.45) is 3.03. The third-order valence-electron chi connectivity index (χ3n) is 3.35. The second-order valence-corrected chi connectivity index (χ2v) is 5.97. The first-order valence-electron chi connectivity index (χ1n) is 7.60. The molecule has 2 aromatic rings. The molecule has 7 nitrogen and oxygen atoms in total. The highest BCUT2D eigenvalue weighted by Crippen LogP contribution is 2.24. The molecule has 132 valence electrons. The van der Waals surface area contributed by atoms with Crippen LogP contribution in [0.2, 0.25) is 5.02 Å². The molecule has 0 aliphatic rings. The molecule has 0 saturated heterocycles. The van der Waals surface area contributed by atoms with Crippen molar-refractivity contribution in [1.29, 1.82) is 0 Å². The van der Waals surface area contributed by atoms with Gasteiger partial charge < -0.3 is 5.11 Å². The number of carbonyl (C=O) groups is 1. The van der Waals surface area contributed by atoms with Crippen molar-refractivity contribution < 1.29 is 9.90 Å². The van der Waals surface area contributed by atoms with Gasteiger partial charge in [-0.3, -0.25) is 19.1 Å². The molecule has 1 aromatic heterocycles. The number of benzene rings is 1. The lowest BCUT2D eigenvalue weighted by Crippen LogP contribution is -2.21. The molecule has 0 aliphatic carbocycles. The van der Waals surface area contributed by atoms with E-state index in [0.29, 0.717) is 17.1 Å². The maximum Gasteiger partial charge on any atom is 0.264 e. The smallest absolute Gasteiger partial charge is 0.264 e. The van der Waals surface area contributed by atoms with Crippen LogP contribution in [0, 0.1) is 4.77 Å². The van der Waals surface area contributed by atoms with E-state index in [1.54, 1.807) is 24.3 Å². The van der Waals surface area contributed by atoms with Gasteiger partial charge in [0.25, 0.3) is 5.56 Å². The predicted molar refractivity (Wildman–Crippen MR) is 99.2 cm³/mol. The average molecular weight is 381 g/mol. The quantitative estimate of drug-likeness (QED) is 0.407. The van der Waals surface area contributed by atoms with E-state index in [1.807, 2.05) is 6.92 Å². The molecule has 0 unspecified atom stereocenters. The number of aromatic hydroxyl groups is 1. The van der Waals surface area contributed by atoms with Gasteiger partial charge in [0.05, 0.1) is 16.9 Å². The van der Waals surface area contributed by atoms with E-state index in [2.05, 4.69) is 15.5 Å². The Morgan fingerprint density at radius 3 is 2.88 bits per heavy atom. The molecule has 0 bridgehead atoms. The number of halogens is 1. The summed E-state index contributed by atoms with van der Waals surface area (Å²) in [6.45, 7) is 1.97. The number of nitrogens with zero attached hydrogens (tertiary/aromatic N) is 2. The highest BCUT2D eigenvalue weighted by atomic mass is 35.5. The van der Waals surface area contributed by atoms with Crippen molar-refractivity contribution in [2.24, 2.45) is 5.10 Å². The van der Waals surface area contributed by atoms with Gasteiger partial charge in [0, 0.05) is 6.42 Å². The Hall–Kier alpha value is -2.45. The minimum absolute atomic E-state index is 0.0141. The molecule has 9 heteroatoms. The third kappa shape index (κ3) is 4.55. The molecular formula is C16H17ClN4O3S. The number of carbonyl (C=O) groups excluding carboxylic acids is 1. The van der Waals surface area contributed by atoms with Gasteiger partial charge >= 0.3 is 0 Å². The molecule has 1 aromatic carbocycles.